The van der Waals surface area contributed by atoms with Crippen LogP contribution in [0.4, 0.5) is 0 Å². The van der Waals surface area contributed by atoms with E-state index in [4.69, 9.17) is 5.11 Å². The van der Waals surface area contributed by atoms with Crippen LogP contribution in [0.5, 0.6) is 0 Å². The van der Waals surface area contributed by atoms with E-state index < -0.39 is 0 Å². The third kappa shape index (κ3) is 2.67. The summed E-state index contributed by atoms with van der Waals surface area (Å²) in [6, 6.07) is 0.0625. The second-order valence-electron chi connectivity index (χ2n) is 3.80. The fraction of sp³-hybridized carbons (Fsp3) is 0.889. The Bertz CT molecular complexity index is 182. The Morgan fingerprint density at radius 3 is 2.85 bits per heavy atom. The molecule has 1 rings (SSSR count). The van der Waals surface area contributed by atoms with Crippen LogP contribution in [-0.2, 0) is 4.79 Å². The maximum atomic E-state index is 11.6. The third-order valence-electron chi connectivity index (χ3n) is 2.36. The van der Waals surface area contributed by atoms with Crippen molar-refractivity contribution < 1.29 is 9.90 Å². The highest BCUT2D eigenvalue weighted by Crippen LogP contribution is 2.16. The molecule has 1 aliphatic heterocycles. The Labute approximate surface area is 79.1 Å². The molecule has 0 aliphatic carbocycles. The molecule has 1 atom stereocenters. The lowest BCUT2D eigenvalue weighted by atomic mass is 10.2. The smallest absolute Gasteiger partial charge is 0.237 e. The number of likely N-dealkylation sites (tertiary alicyclic amines) is 1. The molecule has 4 heteroatoms. The van der Waals surface area contributed by atoms with E-state index >= 15 is 0 Å². The lowest BCUT2D eigenvalue weighted by Gasteiger charge is -2.24. The molecule has 1 fully saturated rings. The molecule has 1 amide bonds. The van der Waals surface area contributed by atoms with E-state index in [0.29, 0.717) is 6.54 Å². The average molecular weight is 186 g/mol. The van der Waals surface area contributed by atoms with Gasteiger partial charge in [0, 0.05) is 6.54 Å². The lowest BCUT2D eigenvalue weighted by Crippen LogP contribution is -2.42. The second kappa shape index (κ2) is 4.58. The van der Waals surface area contributed by atoms with Crippen molar-refractivity contribution in [2.45, 2.75) is 18.9 Å². The first-order valence-corrected chi connectivity index (χ1v) is 4.70. The number of likely N-dealkylation sites (N-methyl/N-ethyl adjacent to an activating group) is 1. The normalized spacial score (nSPS) is 22.8. The van der Waals surface area contributed by atoms with Gasteiger partial charge in [0.2, 0.25) is 5.91 Å². The molecule has 76 valence electrons. The van der Waals surface area contributed by atoms with Crippen molar-refractivity contribution in [2.24, 2.45) is 0 Å². The number of amides is 1. The fourth-order valence-corrected chi connectivity index (χ4v) is 1.72. The number of aliphatic hydroxyl groups is 1. The van der Waals surface area contributed by atoms with Gasteiger partial charge in [0.25, 0.3) is 0 Å². The van der Waals surface area contributed by atoms with Gasteiger partial charge in [-0.15, -0.1) is 0 Å². The van der Waals surface area contributed by atoms with Gasteiger partial charge in [-0.05, 0) is 26.9 Å². The molecule has 13 heavy (non-hydrogen) atoms. The monoisotopic (exact) mass is 186 g/mol. The maximum absolute atomic E-state index is 11.6. The SMILES string of the molecule is CN(C)CC(=O)N1CCC[C@H]1CO. The van der Waals surface area contributed by atoms with Gasteiger partial charge in [0.1, 0.15) is 0 Å². The van der Waals surface area contributed by atoms with Gasteiger partial charge >= 0.3 is 0 Å². The first-order valence-electron chi connectivity index (χ1n) is 4.70. The average Bonchev–Trinajstić information content (AvgIpc) is 2.49. The summed E-state index contributed by atoms with van der Waals surface area (Å²) in [5.41, 5.74) is 0. The highest BCUT2D eigenvalue weighted by molar-refractivity contribution is 5.78. The van der Waals surface area contributed by atoms with Gasteiger partial charge in [0.15, 0.2) is 0 Å². The molecule has 0 spiro atoms. The first-order chi connectivity index (χ1) is 6.15. The van der Waals surface area contributed by atoms with E-state index in [-0.39, 0.29) is 18.6 Å². The Morgan fingerprint density at radius 1 is 1.62 bits per heavy atom. The van der Waals surface area contributed by atoms with Crippen molar-refractivity contribution in [3.8, 4) is 0 Å². The molecule has 1 N–H and O–H groups in total. The predicted octanol–water partition coefficient (Wildman–Crippen LogP) is -0.469. The molecule has 0 aromatic carbocycles. The van der Waals surface area contributed by atoms with E-state index in [1.807, 2.05) is 19.0 Å². The number of carbonyl (C=O) groups is 1. The van der Waals surface area contributed by atoms with Crippen LogP contribution in [0.25, 0.3) is 0 Å². The Hall–Kier alpha value is -0.610. The topological polar surface area (TPSA) is 43.8 Å². The lowest BCUT2D eigenvalue weighted by molar-refractivity contribution is -0.133. The van der Waals surface area contributed by atoms with Gasteiger partial charge in [-0.1, -0.05) is 0 Å². The molecule has 4 nitrogen and oxygen atoms in total. The Morgan fingerprint density at radius 2 is 2.31 bits per heavy atom. The molecule has 0 unspecified atom stereocenters. The number of aliphatic hydroxyl groups excluding tert-OH is 1. The minimum atomic E-state index is 0.0625. The molecule has 1 heterocycles. The van der Waals surface area contributed by atoms with Crippen LogP contribution in [0.15, 0.2) is 0 Å². The largest absolute Gasteiger partial charge is 0.394 e. The maximum Gasteiger partial charge on any atom is 0.237 e. The van der Waals surface area contributed by atoms with Gasteiger partial charge in [0.05, 0.1) is 19.2 Å². The van der Waals surface area contributed by atoms with Crippen molar-refractivity contribution in [1.29, 1.82) is 0 Å². The summed E-state index contributed by atoms with van der Waals surface area (Å²) in [7, 11) is 3.75. The highest BCUT2D eigenvalue weighted by Gasteiger charge is 2.27. The number of nitrogens with zero attached hydrogens (tertiary/aromatic N) is 2. The number of carbonyl (C=O) groups excluding carboxylic acids is 1. The van der Waals surface area contributed by atoms with Crippen LogP contribution in [0, 0.1) is 0 Å². The molecule has 1 saturated heterocycles. The molecular weight excluding hydrogens is 168 g/mol. The van der Waals surface area contributed by atoms with Crippen molar-refractivity contribution in [3.63, 3.8) is 0 Å². The number of hydrogen-bond donors (Lipinski definition) is 1. The second-order valence-corrected chi connectivity index (χ2v) is 3.80. The van der Waals surface area contributed by atoms with Crippen LogP contribution >= 0.6 is 0 Å². The van der Waals surface area contributed by atoms with Crippen LogP contribution in [0.3, 0.4) is 0 Å². The molecule has 0 aromatic heterocycles. The summed E-state index contributed by atoms with van der Waals surface area (Å²) in [6.45, 7) is 1.34. The van der Waals surface area contributed by atoms with E-state index in [2.05, 4.69) is 0 Å². The highest BCUT2D eigenvalue weighted by atomic mass is 16.3. The summed E-state index contributed by atoms with van der Waals surface area (Å²) in [5.74, 6) is 0.126. The summed E-state index contributed by atoms with van der Waals surface area (Å²) in [4.78, 5) is 15.2. The van der Waals surface area contributed by atoms with Crippen LogP contribution in [-0.4, -0.2) is 60.6 Å². The fourth-order valence-electron chi connectivity index (χ4n) is 1.72. The zero-order valence-electron chi connectivity index (χ0n) is 8.36. The molecule has 0 saturated carbocycles. The quantitative estimate of drug-likeness (QED) is 0.648. The van der Waals surface area contributed by atoms with Gasteiger partial charge in [-0.25, -0.2) is 0 Å². The van der Waals surface area contributed by atoms with Crippen LogP contribution < -0.4 is 0 Å². The van der Waals surface area contributed by atoms with Crippen molar-refractivity contribution >= 4 is 5.91 Å². The standard InChI is InChI=1S/C9H18N2O2/c1-10(2)6-9(13)11-5-3-4-8(11)7-12/h8,12H,3-7H2,1-2H3/t8-/m0/s1. The van der Waals surface area contributed by atoms with Crippen molar-refractivity contribution in [3.05, 3.63) is 0 Å². The van der Waals surface area contributed by atoms with Crippen LogP contribution in [0.2, 0.25) is 0 Å². The zero-order valence-corrected chi connectivity index (χ0v) is 8.36. The van der Waals surface area contributed by atoms with Gasteiger partial charge < -0.3 is 14.9 Å². The number of hydrogen-bond acceptors (Lipinski definition) is 3. The van der Waals surface area contributed by atoms with E-state index in [9.17, 15) is 4.79 Å². The molecule has 0 aromatic rings. The summed E-state index contributed by atoms with van der Waals surface area (Å²) in [5, 5.41) is 9.01. The first kappa shape index (κ1) is 10.5. The third-order valence-corrected chi connectivity index (χ3v) is 2.36. The summed E-state index contributed by atoms with van der Waals surface area (Å²) in [6.07, 6.45) is 1.96. The van der Waals surface area contributed by atoms with Crippen LogP contribution in [0.1, 0.15) is 12.8 Å². The van der Waals surface area contributed by atoms with Crippen molar-refractivity contribution in [2.75, 3.05) is 33.8 Å². The van der Waals surface area contributed by atoms with Gasteiger partial charge in [-0.2, -0.15) is 0 Å². The Balaban J connectivity index is 2.45. The van der Waals surface area contributed by atoms with Crippen molar-refractivity contribution in [1.82, 2.24) is 9.80 Å². The Kier molecular flexibility index (Phi) is 3.69. The minimum absolute atomic E-state index is 0.0625. The van der Waals surface area contributed by atoms with E-state index in [1.165, 1.54) is 0 Å². The number of rotatable bonds is 3. The molecule has 0 radical (unpaired) electrons. The summed E-state index contributed by atoms with van der Waals surface area (Å²) >= 11 is 0. The van der Waals surface area contributed by atoms with Gasteiger partial charge in [-0.3, -0.25) is 4.79 Å². The van der Waals surface area contributed by atoms with E-state index in [1.54, 1.807) is 4.90 Å². The summed E-state index contributed by atoms with van der Waals surface area (Å²) < 4.78 is 0. The molecule has 1 aliphatic rings. The molecule has 0 bridgehead atoms. The minimum Gasteiger partial charge on any atom is -0.394 e. The zero-order chi connectivity index (χ0) is 9.84. The predicted molar refractivity (Wildman–Crippen MR) is 50.4 cm³/mol. The van der Waals surface area contributed by atoms with E-state index in [0.717, 1.165) is 19.4 Å². The molecular formula is C9H18N2O2.